The van der Waals surface area contributed by atoms with Gasteiger partial charge in [0.1, 0.15) is 5.75 Å². The summed E-state index contributed by atoms with van der Waals surface area (Å²) in [6.07, 6.45) is 3.20. The van der Waals surface area contributed by atoms with Gasteiger partial charge in [-0.1, -0.05) is 23.5 Å². The Bertz CT molecular complexity index is 1230. The van der Waals surface area contributed by atoms with Crippen LogP contribution < -0.4 is 4.74 Å². The summed E-state index contributed by atoms with van der Waals surface area (Å²) in [6.45, 7) is 4.42. The van der Waals surface area contributed by atoms with Crippen LogP contribution in [0.15, 0.2) is 48.7 Å². The number of fused-ring (bicyclic) bond motifs is 4. The molecule has 2 saturated heterocycles. The third-order valence-electron chi connectivity index (χ3n) is 6.35. The van der Waals surface area contributed by atoms with Gasteiger partial charge < -0.3 is 14.6 Å². The zero-order valence-electron chi connectivity index (χ0n) is 16.7. The van der Waals surface area contributed by atoms with Gasteiger partial charge in [-0.25, -0.2) is 4.98 Å². The fraction of sp³-hybridized carbons (Fsp3) is 0.304. The Morgan fingerprint density at radius 3 is 2.93 bits per heavy atom. The molecule has 6 rings (SSSR count). The number of piperazine rings is 1. The molecule has 2 aliphatic heterocycles. The number of para-hydroxylation sites is 1. The molecule has 1 amide bonds. The molecule has 2 fully saturated rings. The number of nitrogens with one attached hydrogen (secondary N) is 1. The minimum Gasteiger partial charge on any atom is -0.431 e. The smallest absolute Gasteiger partial charge is 0.279 e. The Labute approximate surface area is 178 Å². The summed E-state index contributed by atoms with van der Waals surface area (Å²) < 4.78 is 7.15. The standard InChI is InChI=1S/C23H22N4O2S/c1-14(28)27-13-16-8-17(27)12-26(16)11-15-10-24-21-9-18(6-7-19(15)21)29-23-25-20-4-2-3-5-22(20)30-23/h2-7,9-10,16-17,24H,8,11-13H2,1H3/t16-,17+/m0/s1. The minimum absolute atomic E-state index is 0.204. The summed E-state index contributed by atoms with van der Waals surface area (Å²) in [7, 11) is 0. The van der Waals surface area contributed by atoms with Crippen molar-refractivity contribution in [1.29, 1.82) is 0 Å². The van der Waals surface area contributed by atoms with E-state index in [9.17, 15) is 4.79 Å². The quantitative estimate of drug-likeness (QED) is 0.534. The molecule has 2 aliphatic rings. The molecule has 0 spiro atoms. The maximum Gasteiger partial charge on any atom is 0.279 e. The maximum atomic E-state index is 11.7. The number of aromatic amines is 1. The Morgan fingerprint density at radius 1 is 1.23 bits per heavy atom. The normalized spacial score (nSPS) is 21.2. The van der Waals surface area contributed by atoms with Gasteiger partial charge in [0.2, 0.25) is 5.91 Å². The molecule has 0 radical (unpaired) electrons. The molecule has 0 unspecified atom stereocenters. The van der Waals surface area contributed by atoms with Gasteiger partial charge in [0.05, 0.1) is 10.2 Å². The van der Waals surface area contributed by atoms with Crippen LogP contribution in [0.1, 0.15) is 18.9 Å². The van der Waals surface area contributed by atoms with Crippen LogP contribution in [0.25, 0.3) is 21.1 Å². The lowest BCUT2D eigenvalue weighted by molar-refractivity contribution is -0.131. The van der Waals surface area contributed by atoms with Gasteiger partial charge >= 0.3 is 0 Å². The van der Waals surface area contributed by atoms with Gasteiger partial charge in [-0.2, -0.15) is 0 Å². The zero-order valence-corrected chi connectivity index (χ0v) is 17.5. The number of hydrogen-bond donors (Lipinski definition) is 1. The lowest BCUT2D eigenvalue weighted by atomic mass is 10.1. The summed E-state index contributed by atoms with van der Waals surface area (Å²) in [4.78, 5) is 24.2. The highest BCUT2D eigenvalue weighted by atomic mass is 32.1. The van der Waals surface area contributed by atoms with Crippen molar-refractivity contribution in [2.75, 3.05) is 13.1 Å². The predicted octanol–water partition coefficient (Wildman–Crippen LogP) is 4.37. The summed E-state index contributed by atoms with van der Waals surface area (Å²) in [5, 5.41) is 1.88. The number of ether oxygens (including phenoxy) is 1. The second kappa shape index (κ2) is 6.82. The van der Waals surface area contributed by atoms with Gasteiger partial charge in [-0.3, -0.25) is 9.69 Å². The largest absolute Gasteiger partial charge is 0.431 e. The molecule has 7 heteroatoms. The first kappa shape index (κ1) is 17.9. The highest BCUT2D eigenvalue weighted by molar-refractivity contribution is 7.20. The summed E-state index contributed by atoms with van der Waals surface area (Å²) >= 11 is 1.55. The van der Waals surface area contributed by atoms with Gasteiger partial charge in [0.25, 0.3) is 5.19 Å². The summed E-state index contributed by atoms with van der Waals surface area (Å²) in [5.74, 6) is 0.988. The maximum absolute atomic E-state index is 11.7. The second-order valence-electron chi connectivity index (χ2n) is 8.22. The van der Waals surface area contributed by atoms with Crippen LogP contribution in [0.2, 0.25) is 0 Å². The number of H-pyrrole nitrogens is 1. The highest BCUT2D eigenvalue weighted by Gasteiger charge is 2.44. The number of likely N-dealkylation sites (tertiary alicyclic amines) is 2. The van der Waals surface area contributed by atoms with E-state index >= 15 is 0 Å². The fourth-order valence-corrected chi connectivity index (χ4v) is 5.74. The molecule has 152 valence electrons. The number of carbonyl (C=O) groups is 1. The number of aromatic nitrogens is 2. The Hall–Kier alpha value is -2.90. The fourth-order valence-electron chi connectivity index (χ4n) is 4.90. The van der Waals surface area contributed by atoms with Crippen LogP contribution in [0.5, 0.6) is 10.9 Å². The summed E-state index contributed by atoms with van der Waals surface area (Å²) in [5.41, 5.74) is 3.32. The van der Waals surface area contributed by atoms with E-state index in [-0.39, 0.29) is 5.91 Å². The molecule has 2 atom stereocenters. The Kier molecular flexibility index (Phi) is 4.07. The van der Waals surface area contributed by atoms with E-state index in [1.807, 2.05) is 35.2 Å². The molecule has 2 aromatic heterocycles. The van der Waals surface area contributed by atoms with Gasteiger partial charge in [0.15, 0.2) is 0 Å². The van der Waals surface area contributed by atoms with Crippen molar-refractivity contribution in [3.8, 4) is 10.9 Å². The van der Waals surface area contributed by atoms with Crippen molar-refractivity contribution in [1.82, 2.24) is 19.8 Å². The van der Waals surface area contributed by atoms with Crippen LogP contribution in [0, 0.1) is 0 Å². The molecule has 0 aliphatic carbocycles. The van der Waals surface area contributed by atoms with Crippen molar-refractivity contribution >= 4 is 38.4 Å². The third-order valence-corrected chi connectivity index (χ3v) is 7.26. The van der Waals surface area contributed by atoms with E-state index < -0.39 is 0 Å². The molecule has 1 N–H and O–H groups in total. The monoisotopic (exact) mass is 418 g/mol. The average Bonchev–Trinajstić information content (AvgIpc) is 3.50. The van der Waals surface area contributed by atoms with E-state index in [0.717, 1.165) is 47.5 Å². The molecule has 4 heterocycles. The summed E-state index contributed by atoms with van der Waals surface area (Å²) in [6, 6.07) is 15.1. The third kappa shape index (κ3) is 2.97. The number of carbonyl (C=O) groups excluding carboxylic acids is 1. The second-order valence-corrected chi connectivity index (χ2v) is 9.21. The van der Waals surface area contributed by atoms with Crippen molar-refractivity contribution < 1.29 is 9.53 Å². The Morgan fingerprint density at radius 2 is 2.13 bits per heavy atom. The molecule has 2 aromatic carbocycles. The van der Waals surface area contributed by atoms with Crippen molar-refractivity contribution in [2.24, 2.45) is 0 Å². The highest BCUT2D eigenvalue weighted by Crippen LogP contribution is 2.35. The average molecular weight is 419 g/mol. The first-order valence-corrected chi connectivity index (χ1v) is 11.1. The molecular weight excluding hydrogens is 396 g/mol. The van der Waals surface area contributed by atoms with E-state index in [2.05, 4.69) is 33.2 Å². The van der Waals surface area contributed by atoms with E-state index in [4.69, 9.17) is 4.74 Å². The van der Waals surface area contributed by atoms with E-state index in [1.54, 1.807) is 18.3 Å². The topological polar surface area (TPSA) is 61.5 Å². The van der Waals surface area contributed by atoms with E-state index in [0.29, 0.717) is 17.3 Å². The number of thiazole rings is 1. The molecule has 4 aromatic rings. The Balaban J connectivity index is 1.20. The minimum atomic E-state index is 0.204. The molecule has 0 saturated carbocycles. The lowest BCUT2D eigenvalue weighted by Crippen LogP contribution is -2.47. The lowest BCUT2D eigenvalue weighted by Gasteiger charge is -2.33. The van der Waals surface area contributed by atoms with Crippen molar-refractivity contribution in [3.63, 3.8) is 0 Å². The molecular formula is C23H22N4O2S. The number of nitrogens with zero attached hydrogens (tertiary/aromatic N) is 3. The van der Waals surface area contributed by atoms with Gasteiger partial charge in [0, 0.05) is 61.8 Å². The molecule has 30 heavy (non-hydrogen) atoms. The van der Waals surface area contributed by atoms with Gasteiger partial charge in [-0.15, -0.1) is 0 Å². The van der Waals surface area contributed by atoms with Gasteiger partial charge in [-0.05, 0) is 36.2 Å². The van der Waals surface area contributed by atoms with Crippen LogP contribution in [0.4, 0.5) is 0 Å². The number of benzene rings is 2. The molecule has 6 nitrogen and oxygen atoms in total. The predicted molar refractivity (Wildman–Crippen MR) is 118 cm³/mol. The van der Waals surface area contributed by atoms with Crippen LogP contribution >= 0.6 is 11.3 Å². The first-order valence-electron chi connectivity index (χ1n) is 10.3. The van der Waals surface area contributed by atoms with Crippen LogP contribution in [0.3, 0.4) is 0 Å². The number of amides is 1. The zero-order chi connectivity index (χ0) is 20.2. The number of rotatable bonds is 4. The molecule has 2 bridgehead atoms. The SMILES string of the molecule is CC(=O)N1C[C@@H]2C[C@@H]1CN2Cc1c[nH]c2cc(Oc3nc4ccccc4s3)ccc12. The van der Waals surface area contributed by atoms with Crippen LogP contribution in [-0.2, 0) is 11.3 Å². The van der Waals surface area contributed by atoms with Crippen molar-refractivity contribution in [2.45, 2.75) is 32.0 Å². The van der Waals surface area contributed by atoms with Crippen LogP contribution in [-0.4, -0.2) is 50.8 Å². The van der Waals surface area contributed by atoms with Crippen molar-refractivity contribution in [3.05, 3.63) is 54.2 Å². The first-order chi connectivity index (χ1) is 14.6. The van der Waals surface area contributed by atoms with E-state index in [1.165, 1.54) is 10.9 Å². The number of hydrogen-bond acceptors (Lipinski definition) is 5.